The maximum Gasteiger partial charge on any atom is 0.197 e. The van der Waals surface area contributed by atoms with E-state index in [1.165, 1.54) is 0 Å². The quantitative estimate of drug-likeness (QED) is 0.0872. The summed E-state index contributed by atoms with van der Waals surface area (Å²) in [5.41, 5.74) is 12.5. The number of aromatic nitrogens is 9. The Labute approximate surface area is 424 Å². The number of H-pyrrole nitrogens is 3. The van der Waals surface area contributed by atoms with Crippen LogP contribution < -0.4 is 28.4 Å². The van der Waals surface area contributed by atoms with Gasteiger partial charge in [0, 0.05) is 70.2 Å². The number of pyridine rings is 3. The highest BCUT2D eigenvalue weighted by atomic mass is 32.2. The van der Waals surface area contributed by atoms with Crippen LogP contribution in [0.1, 0.15) is 50.5 Å². The van der Waals surface area contributed by atoms with Crippen LogP contribution in [0.25, 0.3) is 33.1 Å². The number of nitrogens with one attached hydrogen (secondary N) is 3. The molecule has 18 nitrogen and oxygen atoms in total. The molecule has 72 heavy (non-hydrogen) atoms. The van der Waals surface area contributed by atoms with Crippen molar-refractivity contribution < 1.29 is 41.0 Å². The number of rotatable bonds is 15. The molecule has 0 spiro atoms. The summed E-state index contributed by atoms with van der Waals surface area (Å²) in [6.07, 6.45) is 5.21. The van der Waals surface area contributed by atoms with Gasteiger partial charge in [-0.15, -0.1) is 0 Å². The molecule has 0 aliphatic rings. The fourth-order valence-corrected chi connectivity index (χ4v) is 11.1. The van der Waals surface area contributed by atoms with Crippen molar-refractivity contribution in [3.8, 4) is 34.5 Å². The van der Waals surface area contributed by atoms with E-state index < -0.39 is 32.4 Å². The van der Waals surface area contributed by atoms with Crippen molar-refractivity contribution in [1.29, 1.82) is 0 Å². The van der Waals surface area contributed by atoms with Gasteiger partial charge in [-0.1, -0.05) is 0 Å². The Hall–Kier alpha value is -7.23. The van der Waals surface area contributed by atoms with Crippen LogP contribution in [-0.2, 0) is 49.7 Å². The lowest BCUT2D eigenvalue weighted by atomic mass is 10.1. The second-order valence-electron chi connectivity index (χ2n) is 16.4. The number of aryl methyl sites for hydroxylation is 3. The molecule has 3 N–H and O–H groups in total. The third-order valence-corrected chi connectivity index (χ3v) is 15.2. The minimum atomic E-state index is -1.33. The number of benzene rings is 3. The molecule has 0 saturated heterocycles. The van der Waals surface area contributed by atoms with Gasteiger partial charge in [0.2, 0.25) is 0 Å². The second-order valence-corrected chi connectivity index (χ2v) is 20.5. The molecule has 3 atom stereocenters. The van der Waals surface area contributed by atoms with Crippen LogP contribution in [0, 0.1) is 41.5 Å². The number of hydrogen-bond acceptors (Lipinski definition) is 15. The molecule has 3 unspecified atom stereocenters. The van der Waals surface area contributed by atoms with Gasteiger partial charge < -0.3 is 43.4 Å². The van der Waals surface area contributed by atoms with Gasteiger partial charge in [-0.05, 0) is 77.9 Å². The van der Waals surface area contributed by atoms with Crippen LogP contribution in [0.4, 0.5) is 0 Å². The van der Waals surface area contributed by atoms with E-state index in [4.69, 9.17) is 28.4 Å². The van der Waals surface area contributed by atoms with Crippen molar-refractivity contribution in [3.05, 3.63) is 124 Å². The molecule has 21 heteroatoms. The van der Waals surface area contributed by atoms with Crippen LogP contribution in [0.15, 0.2) is 88.7 Å². The lowest BCUT2D eigenvalue weighted by Crippen LogP contribution is -2.05. The van der Waals surface area contributed by atoms with Gasteiger partial charge in [0.25, 0.3) is 0 Å². The highest BCUT2D eigenvalue weighted by molar-refractivity contribution is 7.84. The second kappa shape index (κ2) is 23.3. The predicted molar refractivity (Wildman–Crippen MR) is 279 cm³/mol. The summed E-state index contributed by atoms with van der Waals surface area (Å²) < 4.78 is 69.8. The van der Waals surface area contributed by atoms with Gasteiger partial charge in [-0.3, -0.25) is 27.6 Å². The summed E-state index contributed by atoms with van der Waals surface area (Å²) in [6, 6.07) is 16.5. The first kappa shape index (κ1) is 52.6. The van der Waals surface area contributed by atoms with Crippen molar-refractivity contribution in [3.63, 3.8) is 0 Å². The van der Waals surface area contributed by atoms with Crippen molar-refractivity contribution in [2.24, 2.45) is 0 Å². The Balaban J connectivity index is 0.000000158. The average molecular weight is 1040 g/mol. The van der Waals surface area contributed by atoms with Crippen molar-refractivity contribution >= 4 is 65.5 Å². The summed E-state index contributed by atoms with van der Waals surface area (Å²) in [5.74, 6) is 5.36. The molecule has 0 bridgehead atoms. The molecule has 9 aromatic rings. The van der Waals surface area contributed by atoms with E-state index in [-0.39, 0.29) is 17.3 Å². The van der Waals surface area contributed by atoms with Crippen LogP contribution >= 0.6 is 0 Å². The van der Waals surface area contributed by atoms with E-state index >= 15 is 0 Å². The molecule has 3 aromatic carbocycles. The fraction of sp³-hybridized carbons (Fsp3) is 0.294. The fourth-order valence-electron chi connectivity index (χ4n) is 7.83. The van der Waals surface area contributed by atoms with Crippen LogP contribution in [0.5, 0.6) is 34.5 Å². The van der Waals surface area contributed by atoms with Crippen molar-refractivity contribution in [1.82, 2.24) is 44.9 Å². The topological polar surface area (TPSA) is 231 Å². The third kappa shape index (κ3) is 11.7. The zero-order valence-electron chi connectivity index (χ0n) is 42.1. The Morgan fingerprint density at radius 2 is 0.667 bits per heavy atom. The van der Waals surface area contributed by atoms with Crippen LogP contribution in [0.3, 0.4) is 0 Å². The molecule has 378 valence electrons. The first-order valence-electron chi connectivity index (χ1n) is 22.3. The van der Waals surface area contributed by atoms with Gasteiger partial charge in [-0.2, -0.15) is 0 Å². The van der Waals surface area contributed by atoms with Gasteiger partial charge in [0.1, 0.15) is 34.5 Å². The molecule has 0 amide bonds. The van der Waals surface area contributed by atoms with Crippen molar-refractivity contribution in [2.45, 2.75) is 74.3 Å². The smallest absolute Gasteiger partial charge is 0.197 e. The highest BCUT2D eigenvalue weighted by Gasteiger charge is 2.19. The molecule has 0 fully saturated rings. The summed E-state index contributed by atoms with van der Waals surface area (Å²) in [5, 5.41) is 1.29. The number of imidazole rings is 3. The van der Waals surface area contributed by atoms with E-state index in [9.17, 15) is 12.6 Å². The minimum absolute atomic E-state index is 0.277. The number of methoxy groups -OCH3 is 6. The highest BCUT2D eigenvalue weighted by Crippen LogP contribution is 2.30. The summed E-state index contributed by atoms with van der Waals surface area (Å²) >= 11 is 0. The maximum atomic E-state index is 12.7. The van der Waals surface area contributed by atoms with E-state index in [2.05, 4.69) is 44.9 Å². The van der Waals surface area contributed by atoms with Gasteiger partial charge in [-0.25, -0.2) is 15.0 Å². The molecule has 0 radical (unpaired) electrons. The van der Waals surface area contributed by atoms with E-state index in [1.807, 2.05) is 96.1 Å². The SMILES string of the molecule is COc1ccc2nc(S(=O)Cc3ncc(C)c(OC)c3C)[nH]c2c1.COc1ccc2nc(S(=O)Cc3ncc(C)c(OC)c3C)[nH]c2c1.COc1ccc2nc(S(=O)Cc3ncc(C)c(OC)c3C)[nH]c2c1. The molecule has 0 aliphatic carbocycles. The van der Waals surface area contributed by atoms with Gasteiger partial charge in [0.05, 0.1) is 142 Å². The lowest BCUT2D eigenvalue weighted by Gasteiger charge is -2.11. The largest absolute Gasteiger partial charge is 0.497 e. The standard InChI is InChI=1S/3C17H19N3O3S/c3*1-10-8-18-15(11(2)16(10)23-4)9-24(21)17-19-13-6-5-12(22-3)7-14(13)20-17/h3*5-8H,9H2,1-4H3,(H,19,20). The summed E-state index contributed by atoms with van der Waals surface area (Å²) in [7, 11) is 5.72. The molecule has 0 aliphatic heterocycles. The zero-order chi connectivity index (χ0) is 51.8. The Bertz CT molecular complexity index is 3120. The number of hydrogen-bond donors (Lipinski definition) is 3. The summed E-state index contributed by atoms with van der Waals surface area (Å²) in [4.78, 5) is 35.7. The molecule has 6 aromatic heterocycles. The van der Waals surface area contributed by atoms with Gasteiger partial charge in [0.15, 0.2) is 15.5 Å². The third-order valence-electron chi connectivity index (χ3n) is 11.7. The zero-order valence-corrected chi connectivity index (χ0v) is 44.6. The number of fused-ring (bicyclic) bond motifs is 3. The number of aromatic amines is 3. The lowest BCUT2D eigenvalue weighted by molar-refractivity contribution is 0.407. The monoisotopic (exact) mass is 1040 g/mol. The number of nitrogens with zero attached hydrogens (tertiary/aromatic N) is 6. The van der Waals surface area contributed by atoms with E-state index in [0.29, 0.717) is 15.5 Å². The molecule has 9 rings (SSSR count). The summed E-state index contributed by atoms with van der Waals surface area (Å²) in [6.45, 7) is 11.6. The molecular weight excluding hydrogens is 979 g/mol. The Morgan fingerprint density at radius 1 is 0.403 bits per heavy atom. The Kier molecular flexibility index (Phi) is 17.0. The molecule has 0 saturated carbocycles. The van der Waals surface area contributed by atoms with E-state index in [1.54, 1.807) is 61.2 Å². The van der Waals surface area contributed by atoms with Gasteiger partial charge >= 0.3 is 0 Å². The van der Waals surface area contributed by atoms with E-state index in [0.717, 1.165) is 118 Å². The van der Waals surface area contributed by atoms with Crippen LogP contribution in [0.2, 0.25) is 0 Å². The average Bonchev–Trinajstić information content (AvgIpc) is 4.14. The van der Waals surface area contributed by atoms with Crippen molar-refractivity contribution in [2.75, 3.05) is 42.7 Å². The first-order valence-corrected chi connectivity index (χ1v) is 26.3. The maximum absolute atomic E-state index is 12.7. The molecular formula is C51H57N9O9S3. The normalized spacial score (nSPS) is 12.3. The Morgan fingerprint density at radius 3 is 0.903 bits per heavy atom. The first-order chi connectivity index (χ1) is 34.6. The minimum Gasteiger partial charge on any atom is -0.497 e. The predicted octanol–water partition coefficient (Wildman–Crippen LogP) is 8.70. The van der Waals surface area contributed by atoms with Crippen LogP contribution in [-0.4, -0.2) is 100 Å². The number of ether oxygens (including phenoxy) is 6. The molecule has 6 heterocycles.